The van der Waals surface area contributed by atoms with Crippen molar-refractivity contribution in [2.45, 2.75) is 32.0 Å². The van der Waals surface area contributed by atoms with Crippen molar-refractivity contribution in [3.05, 3.63) is 80.0 Å². The van der Waals surface area contributed by atoms with E-state index in [2.05, 4.69) is 17.4 Å². The average molecular weight is 452 g/mol. The Hall–Kier alpha value is -2.51. The van der Waals surface area contributed by atoms with Gasteiger partial charge in [0.2, 0.25) is 0 Å². The van der Waals surface area contributed by atoms with Gasteiger partial charge in [0.15, 0.2) is 0 Å². The van der Waals surface area contributed by atoms with E-state index in [-0.39, 0.29) is 5.69 Å². The summed E-state index contributed by atoms with van der Waals surface area (Å²) in [6, 6.07) is 11.0. The van der Waals surface area contributed by atoms with Gasteiger partial charge in [-0.05, 0) is 72.2 Å². The average Bonchev–Trinajstić information content (AvgIpc) is 3.36. The lowest BCUT2D eigenvalue weighted by Gasteiger charge is -2.11. The van der Waals surface area contributed by atoms with Crippen LogP contribution in [-0.4, -0.2) is 5.91 Å². The van der Waals surface area contributed by atoms with Crippen LogP contribution in [-0.2, 0) is 25.6 Å². The molecule has 3 aromatic rings. The highest BCUT2D eigenvalue weighted by Crippen LogP contribution is 2.36. The highest BCUT2D eigenvalue weighted by atomic mass is 35.5. The molecule has 0 saturated heterocycles. The zero-order valence-electron chi connectivity index (χ0n) is 15.7. The van der Waals surface area contributed by atoms with Crippen LogP contribution in [0.4, 0.5) is 18.9 Å². The lowest BCUT2D eigenvalue weighted by molar-refractivity contribution is -0.137. The standard InChI is InChI=1S/C22H17ClF3NO2S/c23-19-7-5-16(10-18(19)22(24,25)26)27-21(28)20-8-13(12-30-20)11-29-17-6-4-14-2-1-3-15(14)9-17/h4-10,12H,1-3,11H2,(H,27,28). The maximum Gasteiger partial charge on any atom is 0.417 e. The van der Waals surface area contributed by atoms with Gasteiger partial charge in [-0.3, -0.25) is 4.79 Å². The minimum absolute atomic E-state index is 0.0288. The number of halogens is 4. The summed E-state index contributed by atoms with van der Waals surface area (Å²) in [6.07, 6.45) is -1.25. The molecule has 8 heteroatoms. The molecule has 0 aliphatic heterocycles. The van der Waals surface area contributed by atoms with E-state index in [4.69, 9.17) is 16.3 Å². The third kappa shape index (κ3) is 4.63. The molecule has 1 aliphatic carbocycles. The Bertz CT molecular complexity index is 1090. The summed E-state index contributed by atoms with van der Waals surface area (Å²) in [7, 11) is 0. The van der Waals surface area contributed by atoms with Gasteiger partial charge in [0, 0.05) is 11.3 Å². The first-order valence-electron chi connectivity index (χ1n) is 9.30. The third-order valence-electron chi connectivity index (χ3n) is 4.88. The number of alkyl halides is 3. The van der Waals surface area contributed by atoms with Crippen molar-refractivity contribution < 1.29 is 22.7 Å². The van der Waals surface area contributed by atoms with Crippen molar-refractivity contribution in [3.8, 4) is 5.75 Å². The van der Waals surface area contributed by atoms with Crippen molar-refractivity contribution in [2.75, 3.05) is 5.32 Å². The number of thiophene rings is 1. The first-order valence-corrected chi connectivity index (χ1v) is 10.6. The number of nitrogens with one attached hydrogen (secondary N) is 1. The maximum absolute atomic E-state index is 13.0. The van der Waals surface area contributed by atoms with E-state index < -0.39 is 22.7 Å². The molecule has 0 unspecified atom stereocenters. The molecule has 0 saturated carbocycles. The van der Waals surface area contributed by atoms with E-state index in [1.807, 2.05) is 6.07 Å². The van der Waals surface area contributed by atoms with E-state index in [1.54, 1.807) is 11.4 Å². The van der Waals surface area contributed by atoms with Crippen LogP contribution in [0.2, 0.25) is 5.02 Å². The maximum atomic E-state index is 13.0. The largest absolute Gasteiger partial charge is 0.489 e. The predicted molar refractivity (Wildman–Crippen MR) is 112 cm³/mol. The molecule has 30 heavy (non-hydrogen) atoms. The molecule has 3 nitrogen and oxygen atoms in total. The van der Waals surface area contributed by atoms with Gasteiger partial charge in [-0.2, -0.15) is 13.2 Å². The van der Waals surface area contributed by atoms with E-state index in [1.165, 1.54) is 35.0 Å². The molecular formula is C22H17ClF3NO2S. The summed E-state index contributed by atoms with van der Waals surface area (Å²) in [6.45, 7) is 0.307. The molecule has 1 heterocycles. The van der Waals surface area contributed by atoms with Crippen LogP contribution < -0.4 is 10.1 Å². The minimum Gasteiger partial charge on any atom is -0.489 e. The Morgan fingerprint density at radius 1 is 1.10 bits per heavy atom. The van der Waals surface area contributed by atoms with Crippen LogP contribution in [0.1, 0.15) is 38.3 Å². The number of carbonyl (C=O) groups excluding carboxylic acids is 1. The molecule has 2 aromatic carbocycles. The highest BCUT2D eigenvalue weighted by molar-refractivity contribution is 7.12. The van der Waals surface area contributed by atoms with Crippen LogP contribution >= 0.6 is 22.9 Å². The summed E-state index contributed by atoms with van der Waals surface area (Å²) in [4.78, 5) is 12.8. The van der Waals surface area contributed by atoms with Crippen LogP contribution in [0.15, 0.2) is 47.8 Å². The number of hydrogen-bond acceptors (Lipinski definition) is 3. The Labute approximate surface area is 180 Å². The van der Waals surface area contributed by atoms with Crippen molar-refractivity contribution >= 4 is 34.5 Å². The zero-order chi connectivity index (χ0) is 21.3. The van der Waals surface area contributed by atoms with Crippen molar-refractivity contribution in [1.29, 1.82) is 0 Å². The van der Waals surface area contributed by atoms with Crippen molar-refractivity contribution in [3.63, 3.8) is 0 Å². The van der Waals surface area contributed by atoms with E-state index >= 15 is 0 Å². The molecule has 0 atom stereocenters. The van der Waals surface area contributed by atoms with E-state index in [9.17, 15) is 18.0 Å². The Morgan fingerprint density at radius 2 is 1.90 bits per heavy atom. The predicted octanol–water partition coefficient (Wildman–Crippen LogP) is 6.74. The number of anilines is 1. The monoisotopic (exact) mass is 451 g/mol. The van der Waals surface area contributed by atoms with Gasteiger partial charge in [0.1, 0.15) is 12.4 Å². The van der Waals surface area contributed by atoms with Crippen LogP contribution in [0.25, 0.3) is 0 Å². The molecule has 156 valence electrons. The van der Waals surface area contributed by atoms with Gasteiger partial charge in [0.05, 0.1) is 15.5 Å². The number of aryl methyl sites for hydroxylation is 2. The molecule has 0 radical (unpaired) electrons. The summed E-state index contributed by atoms with van der Waals surface area (Å²) in [5.74, 6) is 0.299. The molecular weight excluding hydrogens is 435 g/mol. The fraction of sp³-hybridized carbons (Fsp3) is 0.227. The van der Waals surface area contributed by atoms with Gasteiger partial charge in [-0.15, -0.1) is 11.3 Å². The number of hydrogen-bond donors (Lipinski definition) is 1. The summed E-state index contributed by atoms with van der Waals surface area (Å²) in [5, 5.41) is 3.87. The zero-order valence-corrected chi connectivity index (χ0v) is 17.3. The molecule has 1 aromatic heterocycles. The van der Waals surface area contributed by atoms with E-state index in [0.717, 1.165) is 36.3 Å². The van der Waals surface area contributed by atoms with Gasteiger partial charge < -0.3 is 10.1 Å². The second kappa shape index (κ2) is 8.32. The number of amides is 1. The van der Waals surface area contributed by atoms with Gasteiger partial charge in [-0.25, -0.2) is 0 Å². The summed E-state index contributed by atoms with van der Waals surface area (Å²) < 4.78 is 44.8. The Morgan fingerprint density at radius 3 is 2.70 bits per heavy atom. The SMILES string of the molecule is O=C(Nc1ccc(Cl)c(C(F)(F)F)c1)c1cc(COc2ccc3c(c2)CCC3)cs1. The van der Waals surface area contributed by atoms with Crippen molar-refractivity contribution in [2.24, 2.45) is 0 Å². The third-order valence-corrected chi connectivity index (χ3v) is 6.19. The van der Waals surface area contributed by atoms with Crippen molar-refractivity contribution in [1.82, 2.24) is 0 Å². The fourth-order valence-corrected chi connectivity index (χ4v) is 4.40. The smallest absolute Gasteiger partial charge is 0.417 e. The molecule has 1 N–H and O–H groups in total. The first-order chi connectivity index (χ1) is 14.3. The molecule has 4 rings (SSSR count). The molecule has 0 bridgehead atoms. The van der Waals surface area contributed by atoms with Gasteiger partial charge in [0.25, 0.3) is 5.91 Å². The topological polar surface area (TPSA) is 38.3 Å². The summed E-state index contributed by atoms with van der Waals surface area (Å²) >= 11 is 6.81. The number of carbonyl (C=O) groups is 1. The van der Waals surface area contributed by atoms with Gasteiger partial charge in [-0.1, -0.05) is 17.7 Å². The quantitative estimate of drug-likeness (QED) is 0.466. The summed E-state index contributed by atoms with van der Waals surface area (Å²) in [5.41, 5.74) is 2.54. The minimum atomic E-state index is -4.59. The normalized spacial score (nSPS) is 13.2. The second-order valence-corrected chi connectivity index (χ2v) is 8.36. The van der Waals surface area contributed by atoms with Crippen LogP contribution in [0.3, 0.4) is 0 Å². The van der Waals surface area contributed by atoms with E-state index in [0.29, 0.717) is 11.5 Å². The second-order valence-electron chi connectivity index (χ2n) is 7.04. The number of benzene rings is 2. The van der Waals surface area contributed by atoms with Gasteiger partial charge >= 0.3 is 6.18 Å². The van der Waals surface area contributed by atoms with Crippen LogP contribution in [0, 0.1) is 0 Å². The first kappa shape index (κ1) is 20.8. The molecule has 1 amide bonds. The molecule has 0 fully saturated rings. The molecule has 0 spiro atoms. The molecule has 1 aliphatic rings. The fourth-order valence-electron chi connectivity index (χ4n) is 3.39. The Kier molecular flexibility index (Phi) is 5.75. The number of rotatable bonds is 5. The lowest BCUT2D eigenvalue weighted by atomic mass is 10.1. The Balaban J connectivity index is 1.39. The van der Waals surface area contributed by atoms with Crippen LogP contribution in [0.5, 0.6) is 5.75 Å². The number of ether oxygens (including phenoxy) is 1. The lowest BCUT2D eigenvalue weighted by Crippen LogP contribution is -2.12. The highest BCUT2D eigenvalue weighted by Gasteiger charge is 2.33. The number of fused-ring (bicyclic) bond motifs is 1.